The van der Waals surface area contributed by atoms with Gasteiger partial charge in [0.25, 0.3) is 19.7 Å². The Morgan fingerprint density at radius 2 is 1.24 bits per heavy atom. The number of sulfone groups is 2. The summed E-state index contributed by atoms with van der Waals surface area (Å²) in [5, 5.41) is 0. The molecular weight excluding hydrogens is 466 g/mol. The van der Waals surface area contributed by atoms with E-state index in [0.717, 1.165) is 6.08 Å². The SMILES string of the molecule is O=S(=O)(C(=C/C=C/c1ccc(Br)cc1)S(=O)(=O)C(F)(F)F)C(F)(F)F. The van der Waals surface area contributed by atoms with Gasteiger partial charge in [0.05, 0.1) is 0 Å². The maximum Gasteiger partial charge on any atom is 0.502 e. The van der Waals surface area contributed by atoms with Crippen LogP contribution in [0, 0.1) is 0 Å². The van der Waals surface area contributed by atoms with Crippen LogP contribution in [0.3, 0.4) is 0 Å². The Morgan fingerprint density at radius 1 is 0.840 bits per heavy atom. The summed E-state index contributed by atoms with van der Waals surface area (Å²) in [6.07, 6.45) is 1.14. The summed E-state index contributed by atoms with van der Waals surface area (Å²) >= 11 is 3.09. The standard InChI is InChI=1S/C12H7BrF6O4S2/c13-9-6-4-8(5-7-9)2-1-3-10(24(20,21)11(14,15)16)25(22,23)12(17,18)19/h1-7H/b2-1+. The van der Waals surface area contributed by atoms with Crippen LogP contribution in [0.2, 0.25) is 0 Å². The van der Waals surface area contributed by atoms with E-state index in [1.165, 1.54) is 24.3 Å². The number of rotatable bonds is 4. The third kappa shape index (κ3) is 4.85. The minimum absolute atomic E-state index is 0.256. The predicted octanol–water partition coefficient (Wildman–Crippen LogP) is 4.17. The lowest BCUT2D eigenvalue weighted by molar-refractivity contribution is -0.0444. The van der Waals surface area contributed by atoms with Gasteiger partial charge >= 0.3 is 11.0 Å². The molecule has 0 saturated heterocycles. The Hall–Kier alpha value is -1.34. The molecule has 0 saturated carbocycles. The van der Waals surface area contributed by atoms with Crippen LogP contribution in [0.25, 0.3) is 6.08 Å². The molecule has 0 spiro atoms. The van der Waals surface area contributed by atoms with Crippen LogP contribution in [-0.2, 0) is 19.7 Å². The smallest absolute Gasteiger partial charge is 0.214 e. The molecular formula is C12H7BrF6O4S2. The molecule has 0 unspecified atom stereocenters. The van der Waals surface area contributed by atoms with Crippen molar-refractivity contribution in [2.45, 2.75) is 11.0 Å². The lowest BCUT2D eigenvalue weighted by atomic mass is 10.2. The van der Waals surface area contributed by atoms with Crippen molar-refractivity contribution in [1.82, 2.24) is 0 Å². The summed E-state index contributed by atoms with van der Waals surface area (Å²) < 4.78 is 118. The largest absolute Gasteiger partial charge is 0.502 e. The van der Waals surface area contributed by atoms with E-state index in [-0.39, 0.29) is 11.6 Å². The van der Waals surface area contributed by atoms with Crippen molar-refractivity contribution in [2.75, 3.05) is 0 Å². The van der Waals surface area contributed by atoms with E-state index in [4.69, 9.17) is 0 Å². The molecule has 0 N–H and O–H groups in total. The van der Waals surface area contributed by atoms with Gasteiger partial charge in [-0.15, -0.1) is 0 Å². The molecule has 0 fully saturated rings. The summed E-state index contributed by atoms with van der Waals surface area (Å²) in [5.41, 5.74) is -12.2. The monoisotopic (exact) mass is 472 g/mol. The van der Waals surface area contributed by atoms with Gasteiger partial charge in [-0.1, -0.05) is 40.2 Å². The summed E-state index contributed by atoms with van der Waals surface area (Å²) in [7, 11) is -13.5. The minimum Gasteiger partial charge on any atom is -0.214 e. The highest BCUT2D eigenvalue weighted by molar-refractivity contribution is 9.10. The predicted molar refractivity (Wildman–Crippen MR) is 81.2 cm³/mol. The van der Waals surface area contributed by atoms with Gasteiger partial charge in [0.2, 0.25) is 0 Å². The maximum absolute atomic E-state index is 12.5. The fourth-order valence-corrected chi connectivity index (χ4v) is 4.32. The van der Waals surface area contributed by atoms with Crippen LogP contribution in [-0.4, -0.2) is 27.9 Å². The van der Waals surface area contributed by atoms with Gasteiger partial charge in [-0.2, -0.15) is 26.3 Å². The Bertz CT molecular complexity index is 848. The average Bonchev–Trinajstić information content (AvgIpc) is 2.42. The average molecular weight is 473 g/mol. The zero-order valence-corrected chi connectivity index (χ0v) is 14.9. The molecule has 0 heterocycles. The first-order chi connectivity index (χ1) is 11.1. The highest BCUT2D eigenvalue weighted by Gasteiger charge is 2.59. The summed E-state index contributed by atoms with van der Waals surface area (Å²) in [4.78, 5) is 0. The Balaban J connectivity index is 3.50. The fourth-order valence-electron chi connectivity index (χ4n) is 1.36. The van der Waals surface area contributed by atoms with Gasteiger partial charge in [0, 0.05) is 4.47 Å². The normalized spacial score (nSPS) is 13.9. The van der Waals surface area contributed by atoms with Crippen LogP contribution < -0.4 is 0 Å². The third-order valence-corrected chi connectivity index (χ3v) is 6.93. The summed E-state index contributed by atoms with van der Waals surface area (Å²) in [6, 6.07) is 5.77. The maximum atomic E-state index is 12.5. The van der Waals surface area contributed by atoms with E-state index in [1.807, 2.05) is 0 Å². The molecule has 0 radical (unpaired) electrons. The number of alkyl halides is 6. The van der Waals surface area contributed by atoms with Crippen molar-refractivity contribution in [2.24, 2.45) is 0 Å². The van der Waals surface area contributed by atoms with E-state index in [1.54, 1.807) is 0 Å². The highest BCUT2D eigenvalue weighted by Crippen LogP contribution is 2.38. The molecule has 1 rings (SSSR count). The molecule has 0 bridgehead atoms. The first kappa shape index (κ1) is 21.7. The van der Waals surface area contributed by atoms with Crippen molar-refractivity contribution in [3.8, 4) is 0 Å². The number of benzene rings is 1. The van der Waals surface area contributed by atoms with Crippen molar-refractivity contribution in [1.29, 1.82) is 0 Å². The van der Waals surface area contributed by atoms with Gasteiger partial charge in [-0.05, 0) is 23.8 Å². The van der Waals surface area contributed by atoms with E-state index >= 15 is 0 Å². The van der Waals surface area contributed by atoms with E-state index in [2.05, 4.69) is 15.9 Å². The lowest BCUT2D eigenvalue weighted by Crippen LogP contribution is -2.34. The van der Waals surface area contributed by atoms with Gasteiger partial charge in [0.1, 0.15) is 0 Å². The Kier molecular flexibility index (Phi) is 6.17. The van der Waals surface area contributed by atoms with Crippen molar-refractivity contribution in [3.05, 3.63) is 50.7 Å². The van der Waals surface area contributed by atoms with Crippen LogP contribution in [0.4, 0.5) is 26.3 Å². The molecule has 4 nitrogen and oxygen atoms in total. The molecule has 1 aromatic rings. The topological polar surface area (TPSA) is 68.3 Å². The van der Waals surface area contributed by atoms with Crippen molar-refractivity contribution in [3.63, 3.8) is 0 Å². The van der Waals surface area contributed by atoms with Crippen LogP contribution in [0.15, 0.2) is 45.1 Å². The Morgan fingerprint density at radius 3 is 1.60 bits per heavy atom. The molecule has 0 aliphatic carbocycles. The summed E-state index contributed by atoms with van der Waals surface area (Å²) in [5.74, 6) is 0. The molecule has 0 aromatic heterocycles. The van der Waals surface area contributed by atoms with Crippen molar-refractivity contribution >= 4 is 41.7 Å². The van der Waals surface area contributed by atoms with Crippen molar-refractivity contribution < 1.29 is 43.2 Å². The molecule has 0 aliphatic heterocycles. The molecule has 25 heavy (non-hydrogen) atoms. The highest BCUT2D eigenvalue weighted by atomic mass is 79.9. The first-order valence-electron chi connectivity index (χ1n) is 5.87. The lowest BCUT2D eigenvalue weighted by Gasteiger charge is -2.13. The summed E-state index contributed by atoms with van der Waals surface area (Å²) in [6.45, 7) is 0. The van der Waals surface area contributed by atoms with Crippen LogP contribution in [0.5, 0.6) is 0 Å². The van der Waals surface area contributed by atoms with Crippen LogP contribution in [0.1, 0.15) is 5.56 Å². The van der Waals surface area contributed by atoms with Gasteiger partial charge in [-0.25, -0.2) is 16.8 Å². The molecule has 0 aliphatic rings. The number of hydrogen-bond donors (Lipinski definition) is 0. The third-order valence-electron chi connectivity index (χ3n) is 2.53. The van der Waals surface area contributed by atoms with Gasteiger partial charge in [0.15, 0.2) is 4.24 Å². The zero-order chi connectivity index (χ0) is 19.7. The second-order valence-electron chi connectivity index (χ2n) is 4.29. The second-order valence-corrected chi connectivity index (χ2v) is 9.29. The quantitative estimate of drug-likeness (QED) is 0.487. The van der Waals surface area contributed by atoms with Gasteiger partial charge in [-0.3, -0.25) is 0 Å². The molecule has 0 atom stereocenters. The number of halogens is 7. The molecule has 13 heteroatoms. The number of hydrogen-bond acceptors (Lipinski definition) is 4. The molecule has 140 valence electrons. The Labute approximate surface area is 146 Å². The molecule has 1 aromatic carbocycles. The minimum atomic E-state index is -6.75. The van der Waals surface area contributed by atoms with E-state index in [9.17, 15) is 43.2 Å². The zero-order valence-electron chi connectivity index (χ0n) is 11.6. The first-order valence-corrected chi connectivity index (χ1v) is 9.63. The molecule has 0 amide bonds. The van der Waals surface area contributed by atoms with Crippen LogP contribution >= 0.6 is 15.9 Å². The van der Waals surface area contributed by atoms with E-state index < -0.39 is 34.9 Å². The fraction of sp³-hybridized carbons (Fsp3) is 0.167. The second kappa shape index (κ2) is 7.11. The van der Waals surface area contributed by atoms with Gasteiger partial charge < -0.3 is 0 Å². The number of allylic oxidation sites excluding steroid dienone is 2. The van der Waals surface area contributed by atoms with E-state index in [0.29, 0.717) is 10.5 Å².